The molecule has 82 valence electrons. The average molecular weight is 198 g/mol. The first-order valence-electron chi connectivity index (χ1n) is 5.86. The predicted octanol–water partition coefficient (Wildman–Crippen LogP) is 3.10. The van der Waals surface area contributed by atoms with Gasteiger partial charge in [0.05, 0.1) is 0 Å². The highest BCUT2D eigenvalue weighted by atomic mass is 16.5. The van der Waals surface area contributed by atoms with Crippen LogP contribution in [0.4, 0.5) is 0 Å². The number of hydrogen-bond acceptors (Lipinski definition) is 2. The van der Waals surface area contributed by atoms with Gasteiger partial charge in [0.25, 0.3) is 0 Å². The van der Waals surface area contributed by atoms with Crippen molar-refractivity contribution in [3.8, 4) is 0 Å². The van der Waals surface area contributed by atoms with Gasteiger partial charge in [-0.25, -0.2) is 0 Å². The van der Waals surface area contributed by atoms with E-state index in [9.17, 15) is 4.79 Å². The molecule has 0 aromatic heterocycles. The maximum absolute atomic E-state index is 11.9. The van der Waals surface area contributed by atoms with Crippen LogP contribution in [0.3, 0.4) is 0 Å². The second-order valence-corrected chi connectivity index (χ2v) is 4.42. The van der Waals surface area contributed by atoms with E-state index < -0.39 is 5.60 Å². The molecule has 0 aliphatic carbocycles. The van der Waals surface area contributed by atoms with Crippen molar-refractivity contribution in [3.63, 3.8) is 0 Å². The molecule has 1 aliphatic heterocycles. The lowest BCUT2D eigenvalue weighted by molar-refractivity contribution is -0.148. The van der Waals surface area contributed by atoms with Gasteiger partial charge in [-0.1, -0.05) is 19.8 Å². The van der Waals surface area contributed by atoms with Gasteiger partial charge in [-0.05, 0) is 32.6 Å². The summed E-state index contributed by atoms with van der Waals surface area (Å²) in [5.74, 6) is 0.311. The van der Waals surface area contributed by atoms with Crippen molar-refractivity contribution >= 4 is 5.78 Å². The Morgan fingerprint density at radius 3 is 2.71 bits per heavy atom. The lowest BCUT2D eigenvalue weighted by Gasteiger charge is -2.32. The van der Waals surface area contributed by atoms with Crippen molar-refractivity contribution in [2.24, 2.45) is 0 Å². The van der Waals surface area contributed by atoms with Crippen LogP contribution in [0.1, 0.15) is 58.8 Å². The molecule has 0 spiro atoms. The third-order valence-electron chi connectivity index (χ3n) is 3.07. The minimum absolute atomic E-state index is 0.311. The third kappa shape index (κ3) is 3.09. The number of rotatable bonds is 5. The van der Waals surface area contributed by atoms with Gasteiger partial charge < -0.3 is 4.74 Å². The van der Waals surface area contributed by atoms with Crippen LogP contribution in [0.5, 0.6) is 0 Å². The molecule has 2 nitrogen and oxygen atoms in total. The standard InChI is InChI=1S/C12H22O2/c1-3-4-5-8-11(13)12(2)9-6-7-10-14-12/h3-10H2,1-2H3. The molecular formula is C12H22O2. The topological polar surface area (TPSA) is 26.3 Å². The highest BCUT2D eigenvalue weighted by molar-refractivity contribution is 5.86. The molecule has 1 saturated heterocycles. The van der Waals surface area contributed by atoms with Crippen molar-refractivity contribution in [1.82, 2.24) is 0 Å². The van der Waals surface area contributed by atoms with Crippen LogP contribution in [0.25, 0.3) is 0 Å². The minimum atomic E-state index is -0.452. The predicted molar refractivity (Wildman–Crippen MR) is 57.4 cm³/mol. The number of carbonyl (C=O) groups is 1. The quantitative estimate of drug-likeness (QED) is 0.634. The number of Topliss-reactive ketones (excluding diaryl/α,β-unsaturated/α-hetero) is 1. The van der Waals surface area contributed by atoms with Crippen molar-refractivity contribution in [1.29, 1.82) is 0 Å². The molecule has 0 saturated carbocycles. The van der Waals surface area contributed by atoms with E-state index in [1.54, 1.807) is 0 Å². The molecule has 1 aliphatic rings. The Labute approximate surface area is 87.0 Å². The normalized spacial score (nSPS) is 27.6. The highest BCUT2D eigenvalue weighted by Gasteiger charge is 2.34. The number of hydrogen-bond donors (Lipinski definition) is 0. The number of carbonyl (C=O) groups excluding carboxylic acids is 1. The SMILES string of the molecule is CCCCCC(=O)C1(C)CCCCO1. The smallest absolute Gasteiger partial charge is 0.164 e. The molecule has 0 aromatic rings. The Morgan fingerprint density at radius 2 is 2.14 bits per heavy atom. The first-order valence-corrected chi connectivity index (χ1v) is 5.86. The van der Waals surface area contributed by atoms with Crippen LogP contribution in [0, 0.1) is 0 Å². The van der Waals surface area contributed by atoms with Gasteiger partial charge in [-0.3, -0.25) is 4.79 Å². The van der Waals surface area contributed by atoms with Gasteiger partial charge in [0.15, 0.2) is 5.78 Å². The summed E-state index contributed by atoms with van der Waals surface area (Å²) >= 11 is 0. The molecule has 0 aromatic carbocycles. The van der Waals surface area contributed by atoms with Gasteiger partial charge >= 0.3 is 0 Å². The summed E-state index contributed by atoms with van der Waals surface area (Å²) in [5.41, 5.74) is -0.452. The molecule has 1 unspecified atom stereocenters. The first-order chi connectivity index (χ1) is 6.69. The third-order valence-corrected chi connectivity index (χ3v) is 3.07. The summed E-state index contributed by atoms with van der Waals surface area (Å²) in [6.45, 7) is 4.87. The highest BCUT2D eigenvalue weighted by Crippen LogP contribution is 2.27. The van der Waals surface area contributed by atoms with Crippen LogP contribution in [-0.4, -0.2) is 18.0 Å². The summed E-state index contributed by atoms with van der Waals surface area (Å²) in [5, 5.41) is 0. The van der Waals surface area contributed by atoms with E-state index in [0.717, 1.165) is 38.7 Å². The van der Waals surface area contributed by atoms with Crippen LogP contribution < -0.4 is 0 Å². The Kier molecular flexibility index (Phi) is 4.59. The maximum Gasteiger partial charge on any atom is 0.164 e. The zero-order valence-corrected chi connectivity index (χ0v) is 9.47. The van der Waals surface area contributed by atoms with Crippen LogP contribution in [0.15, 0.2) is 0 Å². The lowest BCUT2D eigenvalue weighted by atomic mass is 9.89. The maximum atomic E-state index is 11.9. The van der Waals surface area contributed by atoms with Crippen molar-refractivity contribution < 1.29 is 9.53 Å². The summed E-state index contributed by atoms with van der Waals surface area (Å²) < 4.78 is 5.61. The summed E-state index contributed by atoms with van der Waals surface area (Å²) in [6, 6.07) is 0. The molecule has 0 bridgehead atoms. The van der Waals surface area contributed by atoms with Crippen LogP contribution in [-0.2, 0) is 9.53 Å². The zero-order chi connectivity index (χ0) is 10.4. The van der Waals surface area contributed by atoms with Gasteiger partial charge in [0.2, 0.25) is 0 Å². The fourth-order valence-corrected chi connectivity index (χ4v) is 1.95. The molecule has 1 atom stereocenters. The Morgan fingerprint density at radius 1 is 1.36 bits per heavy atom. The number of ether oxygens (including phenoxy) is 1. The van der Waals surface area contributed by atoms with Gasteiger partial charge in [0.1, 0.15) is 5.60 Å². The Bertz CT molecular complexity index is 181. The number of unbranched alkanes of at least 4 members (excludes halogenated alkanes) is 2. The Hall–Kier alpha value is -0.370. The molecule has 0 amide bonds. The van der Waals surface area contributed by atoms with Crippen molar-refractivity contribution in [3.05, 3.63) is 0 Å². The first kappa shape index (κ1) is 11.7. The van der Waals surface area contributed by atoms with E-state index in [0.29, 0.717) is 12.2 Å². The van der Waals surface area contributed by atoms with E-state index in [4.69, 9.17) is 4.74 Å². The lowest BCUT2D eigenvalue weighted by Crippen LogP contribution is -2.41. The minimum Gasteiger partial charge on any atom is -0.368 e. The second kappa shape index (κ2) is 5.50. The van der Waals surface area contributed by atoms with Gasteiger partial charge in [-0.2, -0.15) is 0 Å². The molecule has 0 N–H and O–H groups in total. The molecule has 1 rings (SSSR count). The summed E-state index contributed by atoms with van der Waals surface area (Å²) in [7, 11) is 0. The molecule has 2 heteroatoms. The average Bonchev–Trinajstić information content (AvgIpc) is 2.19. The number of ketones is 1. The summed E-state index contributed by atoms with van der Waals surface area (Å²) in [4.78, 5) is 11.9. The molecule has 1 heterocycles. The molecule has 14 heavy (non-hydrogen) atoms. The van der Waals surface area contributed by atoms with E-state index >= 15 is 0 Å². The second-order valence-electron chi connectivity index (χ2n) is 4.42. The van der Waals surface area contributed by atoms with Crippen molar-refractivity contribution in [2.75, 3.05) is 6.61 Å². The summed E-state index contributed by atoms with van der Waals surface area (Å²) in [6.07, 6.45) is 7.21. The molecule has 1 fully saturated rings. The molecule has 0 radical (unpaired) electrons. The van der Waals surface area contributed by atoms with E-state index in [1.165, 1.54) is 6.42 Å². The zero-order valence-electron chi connectivity index (χ0n) is 9.47. The van der Waals surface area contributed by atoms with E-state index in [2.05, 4.69) is 6.92 Å². The van der Waals surface area contributed by atoms with Crippen molar-refractivity contribution in [2.45, 2.75) is 64.4 Å². The van der Waals surface area contributed by atoms with Gasteiger partial charge in [-0.15, -0.1) is 0 Å². The molecular weight excluding hydrogens is 176 g/mol. The Balaban J connectivity index is 2.33. The fraction of sp³-hybridized carbons (Fsp3) is 0.917. The fourth-order valence-electron chi connectivity index (χ4n) is 1.95. The largest absolute Gasteiger partial charge is 0.368 e. The monoisotopic (exact) mass is 198 g/mol. The van der Waals surface area contributed by atoms with Crippen LogP contribution >= 0.6 is 0 Å². The van der Waals surface area contributed by atoms with Gasteiger partial charge in [0, 0.05) is 13.0 Å². The van der Waals surface area contributed by atoms with E-state index in [1.807, 2.05) is 6.92 Å². The van der Waals surface area contributed by atoms with Crippen LogP contribution in [0.2, 0.25) is 0 Å². The van der Waals surface area contributed by atoms with E-state index in [-0.39, 0.29) is 0 Å².